The smallest absolute Gasteiger partial charge is 0.309 e. The highest BCUT2D eigenvalue weighted by molar-refractivity contribution is 5.79. The van der Waals surface area contributed by atoms with Crippen LogP contribution in [0.1, 0.15) is 24.8 Å². The van der Waals surface area contributed by atoms with Gasteiger partial charge in [0.1, 0.15) is 6.61 Å². The van der Waals surface area contributed by atoms with E-state index in [4.69, 9.17) is 9.84 Å². The maximum Gasteiger partial charge on any atom is 0.309 e. The highest BCUT2D eigenvalue weighted by Gasteiger charge is 2.23. The molecule has 0 aromatic heterocycles. The number of carbonyl (C=O) groups is 2. The molecular formula is C15H20O5. The van der Waals surface area contributed by atoms with E-state index in [9.17, 15) is 9.59 Å². The van der Waals surface area contributed by atoms with Crippen molar-refractivity contribution in [2.75, 3.05) is 13.7 Å². The minimum atomic E-state index is -0.560. The van der Waals surface area contributed by atoms with Crippen molar-refractivity contribution < 1.29 is 24.2 Å². The molecule has 20 heavy (non-hydrogen) atoms. The lowest BCUT2D eigenvalue weighted by Crippen LogP contribution is -2.21. The number of aliphatic hydroxyl groups excluding tert-OH is 1. The summed E-state index contributed by atoms with van der Waals surface area (Å²) in [5, 5.41) is 8.79. The summed E-state index contributed by atoms with van der Waals surface area (Å²) in [6.07, 6.45) is 0.828. The fourth-order valence-electron chi connectivity index (χ4n) is 1.81. The molecule has 0 spiro atoms. The molecule has 5 heteroatoms. The molecule has 0 fully saturated rings. The number of esters is 2. The molecule has 0 aliphatic heterocycles. The summed E-state index contributed by atoms with van der Waals surface area (Å²) in [7, 11) is 1.28. The predicted octanol–water partition coefficient (Wildman–Crippen LogP) is 1.68. The summed E-state index contributed by atoms with van der Waals surface area (Å²) in [5.41, 5.74) is 0.894. The quantitative estimate of drug-likeness (QED) is 0.733. The Morgan fingerprint density at radius 2 is 1.95 bits per heavy atom. The van der Waals surface area contributed by atoms with Crippen LogP contribution >= 0.6 is 0 Å². The van der Waals surface area contributed by atoms with Crippen molar-refractivity contribution in [1.29, 1.82) is 0 Å². The van der Waals surface area contributed by atoms with Crippen molar-refractivity contribution in [1.82, 2.24) is 0 Å². The third-order valence-corrected chi connectivity index (χ3v) is 2.90. The van der Waals surface area contributed by atoms with Gasteiger partial charge in [0.2, 0.25) is 0 Å². The molecule has 1 unspecified atom stereocenters. The number of hydrogen-bond acceptors (Lipinski definition) is 5. The molecule has 0 heterocycles. The molecule has 0 aliphatic rings. The molecule has 0 bridgehead atoms. The Labute approximate surface area is 118 Å². The first kappa shape index (κ1) is 16.2. The zero-order valence-corrected chi connectivity index (χ0v) is 11.6. The second kappa shape index (κ2) is 9.09. The van der Waals surface area contributed by atoms with Gasteiger partial charge in [-0.05, 0) is 18.4 Å². The van der Waals surface area contributed by atoms with Gasteiger partial charge in [-0.15, -0.1) is 0 Å². The number of methoxy groups -OCH3 is 1. The van der Waals surface area contributed by atoms with Crippen molar-refractivity contribution in [2.24, 2.45) is 5.92 Å². The van der Waals surface area contributed by atoms with E-state index in [0.717, 1.165) is 5.56 Å². The molecule has 110 valence electrons. The molecule has 1 atom stereocenters. The predicted molar refractivity (Wildman–Crippen MR) is 72.7 cm³/mol. The van der Waals surface area contributed by atoms with Gasteiger partial charge in [-0.2, -0.15) is 0 Å². The van der Waals surface area contributed by atoms with Gasteiger partial charge in [0.25, 0.3) is 0 Å². The molecule has 0 aliphatic carbocycles. The Hall–Kier alpha value is -1.88. The van der Waals surface area contributed by atoms with E-state index < -0.39 is 17.9 Å². The molecule has 1 rings (SSSR count). The number of benzene rings is 1. The Bertz CT molecular complexity index is 416. The third kappa shape index (κ3) is 5.84. The van der Waals surface area contributed by atoms with Gasteiger partial charge in [0.05, 0.1) is 19.4 Å². The molecule has 0 saturated heterocycles. The summed E-state index contributed by atoms with van der Waals surface area (Å²) in [5.74, 6) is -1.45. The minimum Gasteiger partial charge on any atom is -0.469 e. The van der Waals surface area contributed by atoms with Crippen LogP contribution in [0.3, 0.4) is 0 Å². The topological polar surface area (TPSA) is 72.8 Å². The molecule has 0 amide bonds. The second-order valence-electron chi connectivity index (χ2n) is 4.44. The van der Waals surface area contributed by atoms with E-state index in [1.54, 1.807) is 0 Å². The normalized spacial score (nSPS) is 11.7. The third-order valence-electron chi connectivity index (χ3n) is 2.90. The lowest BCUT2D eigenvalue weighted by molar-refractivity contribution is -0.154. The van der Waals surface area contributed by atoms with Crippen LogP contribution < -0.4 is 0 Å². The lowest BCUT2D eigenvalue weighted by Gasteiger charge is -2.13. The highest BCUT2D eigenvalue weighted by Crippen LogP contribution is 2.14. The Morgan fingerprint density at radius 3 is 2.55 bits per heavy atom. The Balaban J connectivity index is 2.43. The summed E-state index contributed by atoms with van der Waals surface area (Å²) >= 11 is 0. The first-order valence-electron chi connectivity index (χ1n) is 6.55. The minimum absolute atomic E-state index is 0.0213. The van der Waals surface area contributed by atoms with E-state index >= 15 is 0 Å². The highest BCUT2D eigenvalue weighted by atomic mass is 16.5. The average molecular weight is 280 g/mol. The average Bonchev–Trinajstić information content (AvgIpc) is 2.49. The summed E-state index contributed by atoms with van der Waals surface area (Å²) in [6.45, 7) is 0.167. The van der Waals surface area contributed by atoms with Crippen LogP contribution in [0.15, 0.2) is 30.3 Å². The van der Waals surface area contributed by atoms with Gasteiger partial charge in [-0.3, -0.25) is 9.59 Å². The van der Waals surface area contributed by atoms with Crippen molar-refractivity contribution in [2.45, 2.75) is 25.9 Å². The lowest BCUT2D eigenvalue weighted by atomic mass is 10.00. The monoisotopic (exact) mass is 280 g/mol. The van der Waals surface area contributed by atoms with Crippen molar-refractivity contribution >= 4 is 11.9 Å². The first-order chi connectivity index (χ1) is 9.67. The number of aliphatic hydroxyl groups is 1. The van der Waals surface area contributed by atoms with Gasteiger partial charge in [-0.1, -0.05) is 30.3 Å². The van der Waals surface area contributed by atoms with Gasteiger partial charge >= 0.3 is 11.9 Å². The van der Waals surface area contributed by atoms with E-state index in [-0.39, 0.29) is 19.6 Å². The number of rotatable bonds is 8. The summed E-state index contributed by atoms with van der Waals surface area (Å²) < 4.78 is 9.77. The fraction of sp³-hybridized carbons (Fsp3) is 0.467. The largest absolute Gasteiger partial charge is 0.469 e. The second-order valence-corrected chi connectivity index (χ2v) is 4.44. The first-order valence-corrected chi connectivity index (χ1v) is 6.55. The molecule has 0 radical (unpaired) electrons. The Morgan fingerprint density at radius 1 is 1.25 bits per heavy atom. The van der Waals surface area contributed by atoms with E-state index in [0.29, 0.717) is 12.8 Å². The van der Waals surface area contributed by atoms with Crippen LogP contribution in [0.4, 0.5) is 0 Å². The van der Waals surface area contributed by atoms with Crippen molar-refractivity contribution in [3.05, 3.63) is 35.9 Å². The maximum absolute atomic E-state index is 11.7. The summed E-state index contributed by atoms with van der Waals surface area (Å²) in [6, 6.07) is 9.32. The van der Waals surface area contributed by atoms with Crippen LogP contribution in [-0.4, -0.2) is 30.8 Å². The van der Waals surface area contributed by atoms with Crippen molar-refractivity contribution in [3.63, 3.8) is 0 Å². The van der Waals surface area contributed by atoms with Gasteiger partial charge < -0.3 is 14.6 Å². The molecule has 1 aromatic rings. The van der Waals surface area contributed by atoms with Gasteiger partial charge in [0, 0.05) is 6.61 Å². The zero-order chi connectivity index (χ0) is 14.8. The van der Waals surface area contributed by atoms with E-state index in [2.05, 4.69) is 4.74 Å². The molecule has 1 aromatic carbocycles. The number of carbonyl (C=O) groups excluding carboxylic acids is 2. The Kier molecular flexibility index (Phi) is 7.35. The maximum atomic E-state index is 11.7. The van der Waals surface area contributed by atoms with Gasteiger partial charge in [0.15, 0.2) is 0 Å². The zero-order valence-electron chi connectivity index (χ0n) is 11.6. The molecule has 1 N–H and O–H groups in total. The SMILES string of the molecule is COC(=O)C(CCCO)CC(=O)OCc1ccccc1. The van der Waals surface area contributed by atoms with E-state index in [1.165, 1.54) is 7.11 Å². The van der Waals surface area contributed by atoms with Crippen LogP contribution in [0, 0.1) is 5.92 Å². The number of ether oxygens (including phenoxy) is 2. The van der Waals surface area contributed by atoms with Crippen LogP contribution in [0.2, 0.25) is 0 Å². The summed E-state index contributed by atoms with van der Waals surface area (Å²) in [4.78, 5) is 23.2. The van der Waals surface area contributed by atoms with Crippen LogP contribution in [0.5, 0.6) is 0 Å². The molecular weight excluding hydrogens is 260 g/mol. The van der Waals surface area contributed by atoms with Crippen LogP contribution in [0.25, 0.3) is 0 Å². The molecule has 5 nitrogen and oxygen atoms in total. The van der Waals surface area contributed by atoms with E-state index in [1.807, 2.05) is 30.3 Å². The fourth-order valence-corrected chi connectivity index (χ4v) is 1.81. The van der Waals surface area contributed by atoms with Crippen LogP contribution in [-0.2, 0) is 25.7 Å². The standard InChI is InChI=1S/C15H20O5/c1-19-15(18)13(8-5-9-16)10-14(17)20-11-12-6-3-2-4-7-12/h2-4,6-7,13,16H,5,8-11H2,1H3. The van der Waals surface area contributed by atoms with Gasteiger partial charge in [-0.25, -0.2) is 0 Å². The molecule has 0 saturated carbocycles. The number of hydrogen-bond donors (Lipinski definition) is 1. The van der Waals surface area contributed by atoms with Crippen molar-refractivity contribution in [3.8, 4) is 0 Å².